The molecular formula is C32H25NO2Se. The molecule has 0 bridgehead atoms. The topological polar surface area (TPSA) is 47.0 Å². The van der Waals surface area contributed by atoms with Crippen molar-refractivity contribution in [3.05, 3.63) is 126 Å². The van der Waals surface area contributed by atoms with Crippen LogP contribution in [0.25, 0.3) is 6.08 Å². The number of hydrogen-bond donors (Lipinski definition) is 0. The van der Waals surface area contributed by atoms with Gasteiger partial charge in [-0.05, 0) is 0 Å². The molecule has 3 nitrogen and oxygen atoms in total. The molecule has 0 saturated carbocycles. The first-order valence-electron chi connectivity index (χ1n) is 12.3. The van der Waals surface area contributed by atoms with E-state index in [0.29, 0.717) is 16.7 Å². The molecule has 0 fully saturated rings. The number of fused-ring (bicyclic) bond motifs is 5. The number of rotatable bonds is 1. The number of nitrogens with zero attached hydrogens (tertiary/aromatic N) is 1. The zero-order valence-electron chi connectivity index (χ0n) is 20.7. The number of pyridine rings is 1. The zero-order chi connectivity index (χ0) is 25.0. The van der Waals surface area contributed by atoms with Crippen molar-refractivity contribution in [2.45, 2.75) is 44.4 Å². The Morgan fingerprint density at radius 1 is 0.778 bits per heavy atom. The molecule has 36 heavy (non-hydrogen) atoms. The van der Waals surface area contributed by atoms with Gasteiger partial charge >= 0.3 is 217 Å². The third-order valence-electron chi connectivity index (χ3n) is 8.43. The van der Waals surface area contributed by atoms with Gasteiger partial charge in [-0.2, -0.15) is 0 Å². The fourth-order valence-electron chi connectivity index (χ4n) is 6.57. The molecule has 0 amide bonds. The molecule has 0 saturated heterocycles. The molecule has 2 heterocycles. The van der Waals surface area contributed by atoms with Crippen LogP contribution in [0.4, 0.5) is 0 Å². The second-order valence-electron chi connectivity index (χ2n) is 11.1. The number of Topliss-reactive ketones (excluding diaryl/α,β-unsaturated/α-hetero) is 2. The quantitative estimate of drug-likeness (QED) is 0.170. The Morgan fingerprint density at radius 3 is 2.06 bits per heavy atom. The Labute approximate surface area is 216 Å². The summed E-state index contributed by atoms with van der Waals surface area (Å²) in [5.41, 5.74) is 8.91. The van der Waals surface area contributed by atoms with Crippen molar-refractivity contribution in [1.29, 1.82) is 0 Å². The molecule has 4 heteroatoms. The summed E-state index contributed by atoms with van der Waals surface area (Å²) in [5.74, 6) is -0.204. The van der Waals surface area contributed by atoms with Crippen LogP contribution in [0.2, 0.25) is 0 Å². The molecule has 176 valence electrons. The number of carbonyl (C=O) groups is 2. The first kappa shape index (κ1) is 21.9. The first-order valence-corrected chi connectivity index (χ1v) is 14.1. The minimum absolute atomic E-state index is 0.0132. The van der Waals surface area contributed by atoms with Gasteiger partial charge < -0.3 is 0 Å². The number of carbonyl (C=O) groups excluding carboxylic acids is 2. The van der Waals surface area contributed by atoms with Crippen molar-refractivity contribution < 1.29 is 9.59 Å². The molecule has 0 aliphatic heterocycles. The second-order valence-corrected chi connectivity index (χ2v) is 13.4. The summed E-state index contributed by atoms with van der Waals surface area (Å²) in [6.45, 7) is 9.22. The van der Waals surface area contributed by atoms with Gasteiger partial charge in [0.05, 0.1) is 0 Å². The van der Waals surface area contributed by atoms with Crippen LogP contribution in [0.1, 0.15) is 96.7 Å². The SMILES string of the molecule is CC1(C)c2cccnc2C2c3[se]c(C=C4C(=O)c5ccccc5C4=O)cc3C(C)(C)c3cccc1c32. The second kappa shape index (κ2) is 7.12. The normalized spacial score (nSPS) is 19.9. The molecule has 1 unspecified atom stereocenters. The van der Waals surface area contributed by atoms with E-state index >= 15 is 0 Å². The molecule has 0 spiro atoms. The summed E-state index contributed by atoms with van der Waals surface area (Å²) in [4.78, 5) is 31.1. The van der Waals surface area contributed by atoms with E-state index in [0.717, 1.165) is 10.1 Å². The van der Waals surface area contributed by atoms with Crippen molar-refractivity contribution in [1.82, 2.24) is 4.98 Å². The predicted octanol–water partition coefficient (Wildman–Crippen LogP) is 6.06. The summed E-state index contributed by atoms with van der Waals surface area (Å²) >= 11 is -0.0132. The van der Waals surface area contributed by atoms with Crippen molar-refractivity contribution >= 4 is 32.1 Å². The van der Waals surface area contributed by atoms with E-state index in [1.165, 1.54) is 32.3 Å². The molecular weight excluding hydrogens is 509 g/mol. The molecule has 3 aliphatic carbocycles. The van der Waals surface area contributed by atoms with E-state index in [9.17, 15) is 9.59 Å². The Hall–Kier alpha value is -3.33. The summed E-state index contributed by atoms with van der Waals surface area (Å²) in [5, 5.41) is 0. The van der Waals surface area contributed by atoms with E-state index in [4.69, 9.17) is 4.98 Å². The maximum atomic E-state index is 13.1. The molecule has 0 N–H and O–H groups in total. The van der Waals surface area contributed by atoms with Gasteiger partial charge in [-0.15, -0.1) is 0 Å². The fourth-order valence-corrected chi connectivity index (χ4v) is 9.46. The average molecular weight is 535 g/mol. The van der Waals surface area contributed by atoms with Crippen molar-refractivity contribution in [3.63, 3.8) is 0 Å². The van der Waals surface area contributed by atoms with Crippen LogP contribution >= 0.6 is 0 Å². The molecule has 3 aliphatic rings. The number of ketones is 2. The van der Waals surface area contributed by atoms with Gasteiger partial charge in [-0.25, -0.2) is 0 Å². The molecule has 4 aromatic rings. The van der Waals surface area contributed by atoms with Crippen molar-refractivity contribution in [2.75, 3.05) is 0 Å². The Morgan fingerprint density at radius 2 is 1.39 bits per heavy atom. The number of hydrogen-bond acceptors (Lipinski definition) is 3. The number of allylic oxidation sites excluding steroid dienone is 1. The van der Waals surface area contributed by atoms with Crippen LogP contribution in [0.3, 0.4) is 0 Å². The van der Waals surface area contributed by atoms with E-state index in [1.807, 2.05) is 30.5 Å². The van der Waals surface area contributed by atoms with Gasteiger partial charge in [0, 0.05) is 0 Å². The van der Waals surface area contributed by atoms with Crippen LogP contribution in [0.5, 0.6) is 0 Å². The van der Waals surface area contributed by atoms with Crippen LogP contribution in [0.15, 0.2) is 72.4 Å². The fraction of sp³-hybridized carbons (Fsp3) is 0.219. The summed E-state index contributed by atoms with van der Waals surface area (Å²) < 4.78 is 2.49. The monoisotopic (exact) mass is 535 g/mol. The average Bonchev–Trinajstić information content (AvgIpc) is 3.40. The first-order chi connectivity index (χ1) is 17.2. The van der Waals surface area contributed by atoms with Gasteiger partial charge in [0.1, 0.15) is 0 Å². The van der Waals surface area contributed by atoms with Gasteiger partial charge in [0.2, 0.25) is 0 Å². The molecule has 0 radical (unpaired) electrons. The molecule has 1 atom stereocenters. The number of aromatic nitrogens is 1. The zero-order valence-corrected chi connectivity index (χ0v) is 22.4. The van der Waals surface area contributed by atoms with E-state index in [2.05, 4.69) is 58.0 Å². The third kappa shape index (κ3) is 2.66. The summed E-state index contributed by atoms with van der Waals surface area (Å²) in [6, 6.07) is 20.4. The number of benzene rings is 2. The Balaban J connectivity index is 1.46. The van der Waals surface area contributed by atoms with Gasteiger partial charge in [-0.1, -0.05) is 0 Å². The van der Waals surface area contributed by atoms with E-state index < -0.39 is 0 Å². The molecule has 2 aromatic heterocycles. The predicted molar refractivity (Wildman–Crippen MR) is 142 cm³/mol. The van der Waals surface area contributed by atoms with Gasteiger partial charge in [0.15, 0.2) is 0 Å². The third-order valence-corrected chi connectivity index (χ3v) is 10.8. The van der Waals surface area contributed by atoms with Gasteiger partial charge in [-0.3, -0.25) is 0 Å². The van der Waals surface area contributed by atoms with Crippen molar-refractivity contribution in [2.24, 2.45) is 0 Å². The molecule has 2 aromatic carbocycles. The van der Waals surface area contributed by atoms with Gasteiger partial charge in [0.25, 0.3) is 0 Å². The van der Waals surface area contributed by atoms with Crippen LogP contribution in [-0.2, 0) is 10.8 Å². The van der Waals surface area contributed by atoms with E-state index in [1.54, 1.807) is 12.1 Å². The standard InChI is InChI=1S/C32H25NO2Se/c1-31(2)21-11-7-12-22-25(21)26(27-23(31)13-8-14-33-27)30-24(32(22,3)4)16-17(36-30)15-20-28(34)18-9-5-6-10-19(18)29(20)35/h5-16,26H,1-4H3. The Bertz CT molecular complexity index is 1650. The van der Waals surface area contributed by atoms with Crippen LogP contribution in [0, 0.1) is 0 Å². The summed E-state index contributed by atoms with van der Waals surface area (Å²) in [6.07, 6.45) is 3.78. The molecule has 7 rings (SSSR count). The summed E-state index contributed by atoms with van der Waals surface area (Å²) in [7, 11) is 0. The Kier molecular flexibility index (Phi) is 4.34. The minimum atomic E-state index is -0.172. The maximum absolute atomic E-state index is 13.1. The van der Waals surface area contributed by atoms with Crippen molar-refractivity contribution in [3.8, 4) is 0 Å². The van der Waals surface area contributed by atoms with Crippen LogP contribution < -0.4 is 0 Å². The van der Waals surface area contributed by atoms with Crippen LogP contribution in [-0.4, -0.2) is 31.1 Å². The van der Waals surface area contributed by atoms with E-state index in [-0.39, 0.29) is 42.8 Å².